The zero-order valence-corrected chi connectivity index (χ0v) is 17.1. The molecule has 3 aromatic rings. The molecule has 1 unspecified atom stereocenters. The van der Waals surface area contributed by atoms with E-state index in [0.717, 1.165) is 17.3 Å². The lowest BCUT2D eigenvalue weighted by molar-refractivity contribution is 0.404. The summed E-state index contributed by atoms with van der Waals surface area (Å²) in [5.41, 5.74) is 8.26. The molecular formula is C17H21N5S3. The van der Waals surface area contributed by atoms with Crippen molar-refractivity contribution in [2.75, 3.05) is 26.1 Å². The van der Waals surface area contributed by atoms with Gasteiger partial charge >= 0.3 is 0 Å². The molecule has 0 saturated carbocycles. The van der Waals surface area contributed by atoms with Crippen LogP contribution in [0.5, 0.6) is 0 Å². The molecule has 5 nitrogen and oxygen atoms in total. The van der Waals surface area contributed by atoms with Crippen LogP contribution in [0.4, 0.5) is 5.82 Å². The Labute approximate surface area is 160 Å². The summed E-state index contributed by atoms with van der Waals surface area (Å²) < 4.78 is 1.22. The highest BCUT2D eigenvalue weighted by Crippen LogP contribution is 2.35. The maximum absolute atomic E-state index is 5.88. The molecular weight excluding hydrogens is 370 g/mol. The van der Waals surface area contributed by atoms with E-state index >= 15 is 0 Å². The molecule has 132 valence electrons. The number of fused-ring (bicyclic) bond motifs is 1. The van der Waals surface area contributed by atoms with E-state index in [1.165, 1.54) is 15.6 Å². The van der Waals surface area contributed by atoms with Crippen molar-refractivity contribution in [1.29, 1.82) is 0 Å². The Balaban J connectivity index is 1.86. The van der Waals surface area contributed by atoms with Gasteiger partial charge in [-0.1, -0.05) is 11.8 Å². The number of nitrogens with zero attached hydrogens (tertiary/aromatic N) is 4. The lowest BCUT2D eigenvalue weighted by Gasteiger charge is -2.12. The van der Waals surface area contributed by atoms with Crippen molar-refractivity contribution in [3.8, 4) is 0 Å². The van der Waals surface area contributed by atoms with E-state index < -0.39 is 0 Å². The Morgan fingerprint density at radius 1 is 1.28 bits per heavy atom. The van der Waals surface area contributed by atoms with E-state index in [4.69, 9.17) is 5.73 Å². The molecule has 0 aliphatic rings. The van der Waals surface area contributed by atoms with Gasteiger partial charge in [-0.25, -0.2) is 9.97 Å². The molecule has 0 amide bonds. The minimum atomic E-state index is 0.146. The third kappa shape index (κ3) is 4.44. The number of nitrogen functional groups attached to an aromatic ring is 1. The zero-order valence-electron chi connectivity index (χ0n) is 14.7. The van der Waals surface area contributed by atoms with Crippen molar-refractivity contribution in [2.24, 2.45) is 0 Å². The molecule has 25 heavy (non-hydrogen) atoms. The highest BCUT2D eigenvalue weighted by Gasteiger charge is 2.15. The summed E-state index contributed by atoms with van der Waals surface area (Å²) in [6.45, 7) is 3.06. The molecule has 0 spiro atoms. The topological polar surface area (TPSA) is 67.9 Å². The van der Waals surface area contributed by atoms with Crippen LogP contribution in [0, 0.1) is 0 Å². The number of anilines is 1. The van der Waals surface area contributed by atoms with Crippen LogP contribution in [0.3, 0.4) is 0 Å². The molecule has 3 heterocycles. The van der Waals surface area contributed by atoms with E-state index in [0.29, 0.717) is 11.0 Å². The van der Waals surface area contributed by atoms with Crippen LogP contribution in [0.1, 0.15) is 23.4 Å². The summed E-state index contributed by atoms with van der Waals surface area (Å²) in [6.07, 6.45) is 3.96. The summed E-state index contributed by atoms with van der Waals surface area (Å²) in [6, 6.07) is 3.99. The molecule has 0 aliphatic carbocycles. The Kier molecular flexibility index (Phi) is 5.83. The first-order valence-corrected chi connectivity index (χ1v) is 10.8. The second kappa shape index (κ2) is 7.90. The predicted octanol–water partition coefficient (Wildman–Crippen LogP) is 4.31. The van der Waals surface area contributed by atoms with Crippen molar-refractivity contribution in [1.82, 2.24) is 19.9 Å². The zero-order chi connectivity index (χ0) is 18.0. The van der Waals surface area contributed by atoms with Crippen molar-refractivity contribution in [3.63, 3.8) is 0 Å². The maximum atomic E-state index is 5.88. The number of hydrogen-bond donors (Lipinski definition) is 1. The van der Waals surface area contributed by atoms with Crippen LogP contribution < -0.4 is 5.73 Å². The second-order valence-corrected chi connectivity index (χ2v) is 9.03. The fourth-order valence-corrected chi connectivity index (χ4v) is 4.73. The van der Waals surface area contributed by atoms with E-state index in [2.05, 4.69) is 52.3 Å². The van der Waals surface area contributed by atoms with Gasteiger partial charge in [-0.3, -0.25) is 4.98 Å². The largest absolute Gasteiger partial charge is 0.384 e. The first kappa shape index (κ1) is 18.4. The summed E-state index contributed by atoms with van der Waals surface area (Å²) in [5.74, 6) is 0.503. The number of pyridine rings is 1. The fraction of sp³-hybridized carbons (Fsp3) is 0.353. The first-order valence-electron chi connectivity index (χ1n) is 7.82. The molecule has 0 aliphatic heterocycles. The normalized spacial score (nSPS) is 12.8. The van der Waals surface area contributed by atoms with Gasteiger partial charge in [0.15, 0.2) is 5.16 Å². The molecule has 0 aromatic carbocycles. The predicted molar refractivity (Wildman–Crippen MR) is 110 cm³/mol. The average molecular weight is 392 g/mol. The van der Waals surface area contributed by atoms with E-state index in [1.54, 1.807) is 40.9 Å². The van der Waals surface area contributed by atoms with Gasteiger partial charge in [0.2, 0.25) is 0 Å². The van der Waals surface area contributed by atoms with E-state index in [9.17, 15) is 0 Å². The van der Waals surface area contributed by atoms with Gasteiger partial charge in [-0.05, 0) is 44.3 Å². The van der Waals surface area contributed by atoms with Gasteiger partial charge in [-0.15, -0.1) is 23.1 Å². The summed E-state index contributed by atoms with van der Waals surface area (Å²) in [5, 5.41) is 5.23. The van der Waals surface area contributed by atoms with E-state index in [-0.39, 0.29) is 5.25 Å². The van der Waals surface area contributed by atoms with Crippen LogP contribution >= 0.6 is 34.9 Å². The van der Waals surface area contributed by atoms with Crippen molar-refractivity contribution >= 4 is 50.8 Å². The van der Waals surface area contributed by atoms with Gasteiger partial charge in [-0.2, -0.15) is 0 Å². The van der Waals surface area contributed by atoms with Gasteiger partial charge in [0.1, 0.15) is 10.8 Å². The first-order chi connectivity index (χ1) is 12.0. The quantitative estimate of drug-likeness (QED) is 0.381. The van der Waals surface area contributed by atoms with Crippen LogP contribution in [0.25, 0.3) is 10.1 Å². The van der Waals surface area contributed by atoms with Gasteiger partial charge in [0.25, 0.3) is 0 Å². The van der Waals surface area contributed by atoms with Crippen molar-refractivity contribution < 1.29 is 0 Å². The highest BCUT2D eigenvalue weighted by atomic mass is 32.2. The smallest absolute Gasteiger partial charge is 0.191 e. The lowest BCUT2D eigenvalue weighted by Crippen LogP contribution is -2.10. The molecule has 1 atom stereocenters. The van der Waals surface area contributed by atoms with Gasteiger partial charge < -0.3 is 10.6 Å². The number of thiophene rings is 1. The Bertz CT molecular complexity index is 878. The molecule has 0 fully saturated rings. The molecule has 3 aromatic heterocycles. The van der Waals surface area contributed by atoms with Crippen molar-refractivity contribution in [3.05, 3.63) is 35.0 Å². The fourth-order valence-electron chi connectivity index (χ4n) is 2.48. The minimum Gasteiger partial charge on any atom is -0.384 e. The Morgan fingerprint density at radius 3 is 2.80 bits per heavy atom. The molecule has 0 bridgehead atoms. The van der Waals surface area contributed by atoms with Crippen LogP contribution in [0.15, 0.2) is 33.9 Å². The van der Waals surface area contributed by atoms with Crippen molar-refractivity contribution in [2.45, 2.75) is 28.9 Å². The highest BCUT2D eigenvalue weighted by molar-refractivity contribution is 7.99. The number of aromatic nitrogens is 3. The molecule has 8 heteroatoms. The third-order valence-electron chi connectivity index (χ3n) is 3.66. The van der Waals surface area contributed by atoms with E-state index in [1.807, 2.05) is 12.5 Å². The second-order valence-electron chi connectivity index (χ2n) is 5.98. The lowest BCUT2D eigenvalue weighted by atomic mass is 10.1. The Hall–Kier alpha value is -1.35. The third-order valence-corrected chi connectivity index (χ3v) is 6.26. The summed E-state index contributed by atoms with van der Waals surface area (Å²) >= 11 is 4.90. The van der Waals surface area contributed by atoms with Gasteiger partial charge in [0.05, 0.1) is 15.6 Å². The standard InChI is InChI=1S/C17H21N5S3/c1-10(25-17-20-15(18)6-16(21-17)23-4)13-5-12-11(8-22(2)3)9-24-14(12)7-19-13/h5-7,9-10H,8H2,1-4H3,(H2,18,20,21). The molecule has 3 rings (SSSR count). The number of nitrogens with two attached hydrogens (primary N) is 1. The molecule has 2 N–H and O–H groups in total. The average Bonchev–Trinajstić information content (AvgIpc) is 2.95. The van der Waals surface area contributed by atoms with Crippen LogP contribution in [0.2, 0.25) is 0 Å². The maximum Gasteiger partial charge on any atom is 0.191 e. The number of rotatable bonds is 6. The monoisotopic (exact) mass is 391 g/mol. The SMILES string of the molecule is CSc1cc(N)nc(SC(C)c2cc3c(CN(C)C)csc3cn2)n1. The minimum absolute atomic E-state index is 0.146. The molecule has 0 radical (unpaired) electrons. The van der Waals surface area contributed by atoms with Gasteiger partial charge in [0, 0.05) is 24.2 Å². The van der Waals surface area contributed by atoms with Crippen LogP contribution in [-0.2, 0) is 6.54 Å². The number of hydrogen-bond acceptors (Lipinski definition) is 8. The molecule has 0 saturated heterocycles. The Morgan fingerprint density at radius 2 is 2.08 bits per heavy atom. The number of thioether (sulfide) groups is 2. The summed E-state index contributed by atoms with van der Waals surface area (Å²) in [7, 11) is 4.18. The summed E-state index contributed by atoms with van der Waals surface area (Å²) in [4.78, 5) is 15.7. The van der Waals surface area contributed by atoms with Crippen LogP contribution in [-0.4, -0.2) is 40.2 Å².